The second kappa shape index (κ2) is 11.8. The third kappa shape index (κ3) is 6.11. The lowest BCUT2D eigenvalue weighted by molar-refractivity contribution is 0.0106. The van der Waals surface area contributed by atoms with Crippen LogP contribution in [0.1, 0.15) is 33.8 Å². The summed E-state index contributed by atoms with van der Waals surface area (Å²) in [6.07, 6.45) is 1.15. The molecule has 0 aromatic heterocycles. The Labute approximate surface area is 212 Å². The maximum absolute atomic E-state index is 12.1. The molecule has 5 heteroatoms. The van der Waals surface area contributed by atoms with E-state index in [9.17, 15) is 4.79 Å². The van der Waals surface area contributed by atoms with Crippen LogP contribution in [0.5, 0.6) is 5.75 Å². The fourth-order valence-electron chi connectivity index (χ4n) is 4.75. The van der Waals surface area contributed by atoms with Crippen molar-refractivity contribution in [3.8, 4) is 5.75 Å². The van der Waals surface area contributed by atoms with Crippen molar-refractivity contribution in [1.29, 1.82) is 0 Å². The second-order valence-corrected chi connectivity index (χ2v) is 9.17. The summed E-state index contributed by atoms with van der Waals surface area (Å²) >= 11 is 0. The molecule has 4 aromatic rings. The maximum Gasteiger partial charge on any atom is 0.251 e. The van der Waals surface area contributed by atoms with Gasteiger partial charge in [-0.3, -0.25) is 4.79 Å². The number of piperidine rings is 1. The number of benzene rings is 4. The topological polar surface area (TPSA) is 59.6 Å². The normalized spacial score (nSPS) is 17.6. The minimum absolute atomic E-state index is 0.0878. The number of ether oxygens (including phenoxy) is 2. The predicted molar refractivity (Wildman–Crippen MR) is 143 cm³/mol. The van der Waals surface area contributed by atoms with Gasteiger partial charge in [-0.1, -0.05) is 66.7 Å². The smallest absolute Gasteiger partial charge is 0.251 e. The zero-order chi connectivity index (χ0) is 24.6. The predicted octanol–water partition coefficient (Wildman–Crippen LogP) is 5.31. The zero-order valence-electron chi connectivity index (χ0n) is 20.4. The van der Waals surface area contributed by atoms with Gasteiger partial charge in [0.05, 0.1) is 19.3 Å². The molecular formula is C31H32N2O3. The minimum atomic E-state index is -0.0878. The van der Waals surface area contributed by atoms with Crippen molar-refractivity contribution in [2.45, 2.75) is 25.0 Å². The average molecular weight is 481 g/mol. The Kier molecular flexibility index (Phi) is 7.91. The molecule has 0 radical (unpaired) electrons. The molecule has 0 aliphatic carbocycles. The van der Waals surface area contributed by atoms with Crippen LogP contribution in [0.2, 0.25) is 0 Å². The molecule has 1 aliphatic heterocycles. The molecule has 2 N–H and O–H groups in total. The van der Waals surface area contributed by atoms with Gasteiger partial charge in [0.25, 0.3) is 5.91 Å². The number of carbonyl (C=O) groups is 1. The fraction of sp³-hybridized carbons (Fsp3) is 0.258. The van der Waals surface area contributed by atoms with Crippen molar-refractivity contribution < 1.29 is 14.3 Å². The van der Waals surface area contributed by atoms with E-state index >= 15 is 0 Å². The van der Waals surface area contributed by atoms with E-state index in [1.807, 2.05) is 30.3 Å². The van der Waals surface area contributed by atoms with Crippen molar-refractivity contribution in [1.82, 2.24) is 10.6 Å². The number of hydrogen-bond acceptors (Lipinski definition) is 4. The molecule has 5 rings (SSSR count). The third-order valence-electron chi connectivity index (χ3n) is 6.70. The summed E-state index contributed by atoms with van der Waals surface area (Å²) in [5.74, 6) is 1.05. The number of amides is 1. The van der Waals surface area contributed by atoms with E-state index in [4.69, 9.17) is 9.47 Å². The van der Waals surface area contributed by atoms with E-state index in [2.05, 4.69) is 65.2 Å². The Morgan fingerprint density at radius 1 is 0.889 bits per heavy atom. The lowest BCUT2D eigenvalue weighted by Crippen LogP contribution is -2.40. The number of hydrogen-bond donors (Lipinski definition) is 2. The van der Waals surface area contributed by atoms with Crippen LogP contribution in [0.25, 0.3) is 10.8 Å². The molecule has 1 saturated heterocycles. The van der Waals surface area contributed by atoms with Crippen LogP contribution in [-0.4, -0.2) is 38.3 Å². The molecule has 36 heavy (non-hydrogen) atoms. The molecule has 1 amide bonds. The van der Waals surface area contributed by atoms with E-state index in [1.165, 1.54) is 21.9 Å². The maximum atomic E-state index is 12.1. The van der Waals surface area contributed by atoms with Crippen molar-refractivity contribution >= 4 is 16.7 Å². The van der Waals surface area contributed by atoms with Crippen LogP contribution in [0, 0.1) is 0 Å². The van der Waals surface area contributed by atoms with Gasteiger partial charge < -0.3 is 20.1 Å². The van der Waals surface area contributed by atoms with Gasteiger partial charge in [-0.05, 0) is 65.2 Å². The van der Waals surface area contributed by atoms with Crippen LogP contribution in [0.15, 0.2) is 97.1 Å². The van der Waals surface area contributed by atoms with Gasteiger partial charge in [0.2, 0.25) is 0 Å². The largest absolute Gasteiger partial charge is 0.492 e. The SMILES string of the molecule is O=C(NCCOc1ccc([C@H]2CCNC[C@@H]2OCc2ccc3ccccc3c2)cc1)c1ccccc1. The second-order valence-electron chi connectivity index (χ2n) is 9.17. The number of nitrogens with one attached hydrogen (secondary N) is 2. The first-order valence-corrected chi connectivity index (χ1v) is 12.6. The first-order valence-electron chi connectivity index (χ1n) is 12.6. The summed E-state index contributed by atoms with van der Waals surface area (Å²) in [5.41, 5.74) is 3.12. The molecule has 1 heterocycles. The third-order valence-corrected chi connectivity index (χ3v) is 6.70. The molecule has 1 fully saturated rings. The van der Waals surface area contributed by atoms with Crippen LogP contribution in [-0.2, 0) is 11.3 Å². The minimum Gasteiger partial charge on any atom is -0.492 e. The summed E-state index contributed by atoms with van der Waals surface area (Å²) in [4.78, 5) is 12.1. The highest BCUT2D eigenvalue weighted by atomic mass is 16.5. The highest BCUT2D eigenvalue weighted by Crippen LogP contribution is 2.30. The number of fused-ring (bicyclic) bond motifs is 1. The van der Waals surface area contributed by atoms with E-state index in [0.717, 1.165) is 25.3 Å². The van der Waals surface area contributed by atoms with E-state index in [1.54, 1.807) is 12.1 Å². The Balaban J connectivity index is 1.13. The van der Waals surface area contributed by atoms with Crippen molar-refractivity contribution in [3.05, 3.63) is 114 Å². The van der Waals surface area contributed by atoms with Crippen LogP contribution in [0.3, 0.4) is 0 Å². The van der Waals surface area contributed by atoms with Gasteiger partial charge in [0, 0.05) is 18.0 Å². The molecule has 5 nitrogen and oxygen atoms in total. The lowest BCUT2D eigenvalue weighted by Gasteiger charge is -2.32. The fourth-order valence-corrected chi connectivity index (χ4v) is 4.75. The van der Waals surface area contributed by atoms with Crippen molar-refractivity contribution in [2.75, 3.05) is 26.2 Å². The van der Waals surface area contributed by atoms with Crippen LogP contribution >= 0.6 is 0 Å². The molecule has 1 aliphatic rings. The Morgan fingerprint density at radius 3 is 2.50 bits per heavy atom. The Hall–Kier alpha value is -3.67. The molecule has 0 spiro atoms. The average Bonchev–Trinajstić information content (AvgIpc) is 2.95. The zero-order valence-corrected chi connectivity index (χ0v) is 20.4. The van der Waals surface area contributed by atoms with Gasteiger partial charge in [0.15, 0.2) is 0 Å². The Bertz CT molecular complexity index is 1270. The first kappa shape index (κ1) is 24.0. The number of carbonyl (C=O) groups excluding carboxylic acids is 1. The summed E-state index contributed by atoms with van der Waals surface area (Å²) in [7, 11) is 0. The van der Waals surface area contributed by atoms with Crippen LogP contribution in [0.4, 0.5) is 0 Å². The van der Waals surface area contributed by atoms with E-state index in [-0.39, 0.29) is 12.0 Å². The van der Waals surface area contributed by atoms with Gasteiger partial charge in [-0.2, -0.15) is 0 Å². The summed E-state index contributed by atoms with van der Waals surface area (Å²) in [6.45, 7) is 3.30. The van der Waals surface area contributed by atoms with Crippen molar-refractivity contribution in [3.63, 3.8) is 0 Å². The molecule has 0 unspecified atom stereocenters. The Morgan fingerprint density at radius 2 is 1.67 bits per heavy atom. The van der Waals surface area contributed by atoms with Gasteiger partial charge >= 0.3 is 0 Å². The van der Waals surface area contributed by atoms with E-state index < -0.39 is 0 Å². The summed E-state index contributed by atoms with van der Waals surface area (Å²) in [5, 5.41) is 8.86. The van der Waals surface area contributed by atoms with Gasteiger partial charge in [0.1, 0.15) is 12.4 Å². The molecule has 4 aromatic carbocycles. The standard InChI is InChI=1S/C31H32N2O3/c34-31(26-7-2-1-3-8-26)33-18-19-35-28-14-12-25(13-15-28)29-16-17-32-21-30(29)36-22-23-10-11-24-6-4-5-9-27(24)20-23/h1-15,20,29-30,32H,16-19,21-22H2,(H,33,34)/t29-,30+/m1/s1. The number of rotatable bonds is 9. The highest BCUT2D eigenvalue weighted by Gasteiger charge is 2.27. The molecule has 0 saturated carbocycles. The lowest BCUT2D eigenvalue weighted by atomic mass is 9.87. The molecule has 184 valence electrons. The van der Waals surface area contributed by atoms with Gasteiger partial charge in [-0.15, -0.1) is 0 Å². The molecular weight excluding hydrogens is 448 g/mol. The van der Waals surface area contributed by atoms with E-state index in [0.29, 0.717) is 31.2 Å². The first-order chi connectivity index (χ1) is 17.8. The summed E-state index contributed by atoms with van der Waals surface area (Å²) in [6, 6.07) is 32.5. The van der Waals surface area contributed by atoms with Crippen LogP contribution < -0.4 is 15.4 Å². The highest BCUT2D eigenvalue weighted by molar-refractivity contribution is 5.94. The molecule has 0 bridgehead atoms. The molecule has 2 atom stereocenters. The van der Waals surface area contributed by atoms with Gasteiger partial charge in [-0.25, -0.2) is 0 Å². The quantitative estimate of drug-likeness (QED) is 0.319. The monoisotopic (exact) mass is 480 g/mol. The summed E-state index contributed by atoms with van der Waals surface area (Å²) < 4.78 is 12.3. The van der Waals surface area contributed by atoms with Crippen molar-refractivity contribution in [2.24, 2.45) is 0 Å².